The standard InChI is InChI=1S/2C11H7F2N.C8H5F3N4.Ir/c2*12-8-4-5-9(10(13)7-8)11-3-1-2-6-14-11;9-8(10,11)7-13-6(14-15-7)5-3-1-2-4-12-5;/h2*1-7H;1-4H,(H,13,14,15);. The van der Waals surface area contributed by atoms with E-state index in [0.29, 0.717) is 28.2 Å². The van der Waals surface area contributed by atoms with Crippen LogP contribution in [0.15, 0.2) is 110 Å². The molecule has 0 bridgehead atoms. The van der Waals surface area contributed by atoms with Crippen LogP contribution in [0.25, 0.3) is 34.0 Å². The second kappa shape index (κ2) is 15.6. The summed E-state index contributed by atoms with van der Waals surface area (Å²) >= 11 is 0. The number of alkyl halides is 3. The Kier molecular flexibility index (Phi) is 11.9. The van der Waals surface area contributed by atoms with Crippen molar-refractivity contribution in [3.05, 3.63) is 139 Å². The van der Waals surface area contributed by atoms with Crippen molar-refractivity contribution in [1.82, 2.24) is 30.1 Å². The maximum atomic E-state index is 13.3. The zero-order valence-corrected chi connectivity index (χ0v) is 24.5. The molecule has 1 radical (unpaired) electrons. The fourth-order valence-corrected chi connectivity index (χ4v) is 3.44. The summed E-state index contributed by atoms with van der Waals surface area (Å²) < 4.78 is 88.2. The van der Waals surface area contributed by atoms with E-state index in [1.54, 1.807) is 60.9 Å². The summed E-state index contributed by atoms with van der Waals surface area (Å²) in [5.74, 6) is -3.54. The van der Waals surface area contributed by atoms with Crippen molar-refractivity contribution in [2.24, 2.45) is 0 Å². The van der Waals surface area contributed by atoms with E-state index in [2.05, 4.69) is 25.0 Å². The summed E-state index contributed by atoms with van der Waals surface area (Å²) in [5.41, 5.74) is 1.93. The molecule has 0 fully saturated rings. The molecule has 0 saturated heterocycles. The van der Waals surface area contributed by atoms with Gasteiger partial charge in [-0.25, -0.2) is 22.5 Å². The summed E-state index contributed by atoms with van der Waals surface area (Å²) in [6, 6.07) is 22.1. The summed E-state index contributed by atoms with van der Waals surface area (Å²) in [4.78, 5) is 15.1. The normalized spacial score (nSPS) is 10.4. The Morgan fingerprint density at radius 1 is 0.545 bits per heavy atom. The van der Waals surface area contributed by atoms with Crippen molar-refractivity contribution in [3.63, 3.8) is 0 Å². The Hall–Kier alpha value is -4.81. The number of benzene rings is 2. The molecule has 227 valence electrons. The van der Waals surface area contributed by atoms with Gasteiger partial charge in [-0.2, -0.15) is 18.3 Å². The number of hydrogen-bond donors (Lipinski definition) is 1. The maximum Gasteiger partial charge on any atom is 0.451 e. The molecular weight excluding hydrogens is 770 g/mol. The molecule has 44 heavy (non-hydrogen) atoms. The van der Waals surface area contributed by atoms with Crippen LogP contribution >= 0.6 is 0 Å². The number of halogens is 7. The largest absolute Gasteiger partial charge is 0.451 e. The molecule has 14 heteroatoms. The van der Waals surface area contributed by atoms with Gasteiger partial charge in [0.25, 0.3) is 0 Å². The van der Waals surface area contributed by atoms with Gasteiger partial charge in [0.15, 0.2) is 5.82 Å². The van der Waals surface area contributed by atoms with Crippen LogP contribution < -0.4 is 0 Å². The Labute approximate surface area is 259 Å². The molecule has 0 spiro atoms. The molecule has 4 heterocycles. The number of aromatic nitrogens is 6. The first-order valence-corrected chi connectivity index (χ1v) is 12.3. The third-order valence-corrected chi connectivity index (χ3v) is 5.39. The van der Waals surface area contributed by atoms with Gasteiger partial charge in [0.1, 0.15) is 29.0 Å². The Balaban J connectivity index is 0.000000178. The first-order valence-electron chi connectivity index (χ1n) is 12.3. The zero-order chi connectivity index (χ0) is 30.8. The summed E-state index contributed by atoms with van der Waals surface area (Å²) in [7, 11) is 0. The van der Waals surface area contributed by atoms with Crippen molar-refractivity contribution < 1.29 is 50.8 Å². The molecule has 0 atom stereocenters. The van der Waals surface area contributed by atoms with E-state index >= 15 is 0 Å². The van der Waals surface area contributed by atoms with Gasteiger partial charge < -0.3 is 0 Å². The average Bonchev–Trinajstić information content (AvgIpc) is 3.51. The van der Waals surface area contributed by atoms with E-state index in [4.69, 9.17) is 0 Å². The number of nitrogens with zero attached hydrogens (tertiary/aromatic N) is 5. The topological polar surface area (TPSA) is 80.2 Å². The van der Waals surface area contributed by atoms with E-state index in [1.807, 2.05) is 5.10 Å². The fourth-order valence-electron chi connectivity index (χ4n) is 3.44. The van der Waals surface area contributed by atoms with Crippen LogP contribution in [0.2, 0.25) is 0 Å². The molecule has 6 nitrogen and oxygen atoms in total. The minimum atomic E-state index is -4.51. The predicted molar refractivity (Wildman–Crippen MR) is 144 cm³/mol. The van der Waals surface area contributed by atoms with Crippen molar-refractivity contribution in [3.8, 4) is 34.0 Å². The molecule has 4 aromatic heterocycles. The molecule has 0 aliphatic heterocycles. The molecule has 0 aliphatic rings. The number of H-pyrrole nitrogens is 1. The Bertz CT molecular complexity index is 1670. The monoisotopic (exact) mass is 789 g/mol. The number of nitrogens with one attached hydrogen (secondary N) is 1. The SMILES string of the molecule is FC(F)(F)c1nc(-c2ccccn2)n[nH]1.Fc1ccc(-c2ccccn2)c(F)c1.Fc1ccc(-c2ccccn2)c(F)c1.[Ir]. The van der Waals surface area contributed by atoms with E-state index in [-0.39, 0.29) is 25.9 Å². The van der Waals surface area contributed by atoms with E-state index in [0.717, 1.165) is 12.1 Å². The third kappa shape index (κ3) is 9.35. The van der Waals surface area contributed by atoms with Gasteiger partial charge in [0, 0.05) is 62.0 Å². The van der Waals surface area contributed by atoms with Crippen LogP contribution in [0, 0.1) is 23.3 Å². The first-order chi connectivity index (χ1) is 20.6. The Morgan fingerprint density at radius 3 is 1.32 bits per heavy atom. The van der Waals surface area contributed by atoms with Gasteiger partial charge in [-0.3, -0.25) is 20.1 Å². The first kappa shape index (κ1) is 33.7. The minimum absolute atomic E-state index is 0. The van der Waals surface area contributed by atoms with Gasteiger partial charge in [-0.05, 0) is 60.7 Å². The smallest absolute Gasteiger partial charge is 0.256 e. The molecule has 1 N–H and O–H groups in total. The minimum Gasteiger partial charge on any atom is -0.256 e. The van der Waals surface area contributed by atoms with Crippen molar-refractivity contribution in [2.45, 2.75) is 6.18 Å². The predicted octanol–water partition coefficient (Wildman–Crippen LogP) is 7.94. The quantitative estimate of drug-likeness (QED) is 0.185. The van der Waals surface area contributed by atoms with Crippen molar-refractivity contribution in [2.75, 3.05) is 0 Å². The number of aromatic amines is 1. The van der Waals surface area contributed by atoms with Gasteiger partial charge >= 0.3 is 6.18 Å². The summed E-state index contributed by atoms with van der Waals surface area (Å²) in [6.45, 7) is 0. The van der Waals surface area contributed by atoms with Gasteiger partial charge in [-0.15, -0.1) is 0 Å². The average molecular weight is 789 g/mol. The van der Waals surface area contributed by atoms with E-state index < -0.39 is 35.3 Å². The van der Waals surface area contributed by atoms with Crippen LogP contribution in [0.4, 0.5) is 30.7 Å². The molecule has 0 saturated carbocycles. The van der Waals surface area contributed by atoms with Gasteiger partial charge in [0.2, 0.25) is 5.82 Å². The van der Waals surface area contributed by atoms with Crippen LogP contribution in [0.1, 0.15) is 5.82 Å². The number of pyridine rings is 3. The third-order valence-electron chi connectivity index (χ3n) is 5.39. The molecular formula is C30H19F7IrN6. The molecule has 2 aromatic carbocycles. The van der Waals surface area contributed by atoms with Crippen LogP contribution in [0.5, 0.6) is 0 Å². The zero-order valence-electron chi connectivity index (χ0n) is 22.1. The summed E-state index contributed by atoms with van der Waals surface area (Å²) in [6.07, 6.45) is 0.0786. The second-order valence-corrected chi connectivity index (χ2v) is 8.40. The van der Waals surface area contributed by atoms with Crippen molar-refractivity contribution >= 4 is 0 Å². The molecule has 0 amide bonds. The summed E-state index contributed by atoms with van der Waals surface area (Å²) in [5, 5.41) is 5.25. The Morgan fingerprint density at radius 2 is 0.977 bits per heavy atom. The number of rotatable bonds is 3. The van der Waals surface area contributed by atoms with E-state index in [9.17, 15) is 30.7 Å². The maximum absolute atomic E-state index is 13.3. The molecule has 6 rings (SSSR count). The van der Waals surface area contributed by atoms with Gasteiger partial charge in [-0.1, -0.05) is 18.2 Å². The van der Waals surface area contributed by atoms with Crippen LogP contribution in [-0.4, -0.2) is 30.1 Å². The fraction of sp³-hybridized carbons (Fsp3) is 0.0333. The molecule has 6 aromatic rings. The molecule has 0 unspecified atom stereocenters. The second-order valence-electron chi connectivity index (χ2n) is 8.40. The number of hydrogen-bond acceptors (Lipinski definition) is 5. The van der Waals surface area contributed by atoms with E-state index in [1.165, 1.54) is 36.5 Å². The molecule has 0 aliphatic carbocycles. The van der Waals surface area contributed by atoms with Gasteiger partial charge in [0.05, 0.1) is 11.4 Å². The van der Waals surface area contributed by atoms with Crippen molar-refractivity contribution in [1.29, 1.82) is 0 Å². The van der Waals surface area contributed by atoms with Crippen LogP contribution in [0.3, 0.4) is 0 Å². The van der Waals surface area contributed by atoms with Crippen LogP contribution in [-0.2, 0) is 26.3 Å².